The Morgan fingerprint density at radius 2 is 2.00 bits per heavy atom. The SMILES string of the molecule is CCN(CCNC(=NC)NCc1sc(C)nc1C)C(=O)OC(C)(C)C. The summed E-state index contributed by atoms with van der Waals surface area (Å²) in [5.41, 5.74) is 0.563. The molecule has 7 nitrogen and oxygen atoms in total. The maximum absolute atomic E-state index is 12.1. The van der Waals surface area contributed by atoms with Crippen molar-refractivity contribution in [3.63, 3.8) is 0 Å². The molecule has 0 radical (unpaired) electrons. The predicted octanol–water partition coefficient (Wildman–Crippen LogP) is 2.68. The molecule has 1 aromatic heterocycles. The van der Waals surface area contributed by atoms with Crippen molar-refractivity contribution in [2.45, 2.75) is 53.7 Å². The summed E-state index contributed by atoms with van der Waals surface area (Å²) in [6.07, 6.45) is -0.296. The van der Waals surface area contributed by atoms with E-state index in [4.69, 9.17) is 4.74 Å². The van der Waals surface area contributed by atoms with Crippen molar-refractivity contribution in [3.05, 3.63) is 15.6 Å². The Labute approximate surface area is 154 Å². The van der Waals surface area contributed by atoms with E-state index in [9.17, 15) is 4.79 Å². The minimum absolute atomic E-state index is 0.296. The summed E-state index contributed by atoms with van der Waals surface area (Å²) in [5, 5.41) is 7.56. The van der Waals surface area contributed by atoms with Crippen molar-refractivity contribution in [2.24, 2.45) is 4.99 Å². The molecule has 0 aliphatic rings. The van der Waals surface area contributed by atoms with Crippen molar-refractivity contribution in [1.82, 2.24) is 20.5 Å². The van der Waals surface area contributed by atoms with Gasteiger partial charge in [0.05, 0.1) is 17.2 Å². The normalized spacial score (nSPS) is 12.0. The molecule has 0 saturated heterocycles. The molecule has 0 saturated carbocycles. The van der Waals surface area contributed by atoms with Gasteiger partial charge in [-0.2, -0.15) is 0 Å². The largest absolute Gasteiger partial charge is 0.444 e. The number of nitrogens with one attached hydrogen (secondary N) is 2. The first-order chi connectivity index (χ1) is 11.7. The first-order valence-electron chi connectivity index (χ1n) is 8.51. The third-order valence-corrected chi connectivity index (χ3v) is 4.42. The molecule has 2 N–H and O–H groups in total. The van der Waals surface area contributed by atoms with Crippen LogP contribution in [0.15, 0.2) is 4.99 Å². The van der Waals surface area contributed by atoms with Gasteiger partial charge in [0, 0.05) is 31.6 Å². The Morgan fingerprint density at radius 1 is 1.32 bits per heavy atom. The summed E-state index contributed by atoms with van der Waals surface area (Å²) in [6.45, 7) is 14.0. The lowest BCUT2D eigenvalue weighted by molar-refractivity contribution is 0.0264. The van der Waals surface area contributed by atoms with Crippen LogP contribution in [0.5, 0.6) is 0 Å². The molecule has 1 heterocycles. The van der Waals surface area contributed by atoms with E-state index in [1.165, 1.54) is 4.88 Å². The van der Waals surface area contributed by atoms with Crippen LogP contribution in [-0.4, -0.2) is 54.2 Å². The number of aryl methyl sites for hydroxylation is 2. The lowest BCUT2D eigenvalue weighted by Crippen LogP contribution is -2.44. The average Bonchev–Trinajstić information content (AvgIpc) is 2.82. The van der Waals surface area contributed by atoms with Gasteiger partial charge in [0.1, 0.15) is 5.60 Å². The fraction of sp³-hybridized carbons (Fsp3) is 0.706. The Hall–Kier alpha value is -1.83. The molecule has 0 aliphatic heterocycles. The zero-order valence-electron chi connectivity index (χ0n) is 16.4. The van der Waals surface area contributed by atoms with E-state index in [1.54, 1.807) is 23.3 Å². The summed E-state index contributed by atoms with van der Waals surface area (Å²) in [6, 6.07) is 0. The zero-order chi connectivity index (χ0) is 19.0. The number of carbonyl (C=O) groups excluding carboxylic acids is 1. The first kappa shape index (κ1) is 21.2. The molecule has 142 valence electrons. The number of aromatic nitrogens is 1. The third-order valence-electron chi connectivity index (χ3n) is 3.35. The molecular formula is C17H31N5O2S. The van der Waals surface area contributed by atoms with Crippen LogP contribution in [-0.2, 0) is 11.3 Å². The highest BCUT2D eigenvalue weighted by Gasteiger charge is 2.20. The molecule has 0 fully saturated rings. The molecule has 0 aliphatic carbocycles. The van der Waals surface area contributed by atoms with E-state index in [0.717, 1.165) is 10.7 Å². The van der Waals surface area contributed by atoms with Crippen molar-refractivity contribution in [1.29, 1.82) is 0 Å². The molecule has 8 heteroatoms. The topological polar surface area (TPSA) is 78.9 Å². The standard InChI is InChI=1S/C17H31N5O2S/c1-8-22(16(23)24-17(4,5)6)10-9-19-15(18-7)20-11-14-12(2)21-13(3)25-14/h8-11H2,1-7H3,(H2,18,19,20). The van der Waals surface area contributed by atoms with Crippen molar-refractivity contribution in [3.8, 4) is 0 Å². The Kier molecular flexibility index (Phi) is 8.15. The average molecular weight is 370 g/mol. The van der Waals surface area contributed by atoms with Gasteiger partial charge in [0.25, 0.3) is 0 Å². The van der Waals surface area contributed by atoms with Gasteiger partial charge in [-0.25, -0.2) is 9.78 Å². The van der Waals surface area contributed by atoms with Gasteiger partial charge in [-0.05, 0) is 41.5 Å². The van der Waals surface area contributed by atoms with Crippen LogP contribution in [0.2, 0.25) is 0 Å². The molecular weight excluding hydrogens is 338 g/mol. The molecule has 0 spiro atoms. The van der Waals surface area contributed by atoms with Crippen LogP contribution in [0, 0.1) is 13.8 Å². The first-order valence-corrected chi connectivity index (χ1v) is 9.33. The second-order valence-corrected chi connectivity index (χ2v) is 7.94. The number of hydrogen-bond acceptors (Lipinski definition) is 5. The van der Waals surface area contributed by atoms with Crippen LogP contribution in [0.3, 0.4) is 0 Å². The molecule has 1 aromatic rings. The van der Waals surface area contributed by atoms with Crippen LogP contribution in [0.25, 0.3) is 0 Å². The van der Waals surface area contributed by atoms with E-state index in [1.807, 2.05) is 41.5 Å². The van der Waals surface area contributed by atoms with Gasteiger partial charge < -0.3 is 20.3 Å². The minimum atomic E-state index is -0.486. The van der Waals surface area contributed by atoms with E-state index < -0.39 is 5.60 Å². The Balaban J connectivity index is 2.43. The number of hydrogen-bond donors (Lipinski definition) is 2. The smallest absolute Gasteiger partial charge is 0.410 e. The fourth-order valence-electron chi connectivity index (χ4n) is 2.14. The molecule has 0 bridgehead atoms. The number of nitrogens with zero attached hydrogens (tertiary/aromatic N) is 3. The number of carbonyl (C=O) groups is 1. The van der Waals surface area contributed by atoms with E-state index in [2.05, 4.69) is 20.6 Å². The lowest BCUT2D eigenvalue weighted by Gasteiger charge is -2.26. The van der Waals surface area contributed by atoms with Gasteiger partial charge in [0.2, 0.25) is 0 Å². The molecule has 25 heavy (non-hydrogen) atoms. The third kappa shape index (κ3) is 7.72. The highest BCUT2D eigenvalue weighted by atomic mass is 32.1. The quantitative estimate of drug-likeness (QED) is 0.595. The minimum Gasteiger partial charge on any atom is -0.444 e. The van der Waals surface area contributed by atoms with Crippen LogP contribution < -0.4 is 10.6 Å². The number of likely N-dealkylation sites (N-methyl/N-ethyl adjacent to an activating group) is 1. The number of ether oxygens (including phenoxy) is 1. The highest BCUT2D eigenvalue weighted by molar-refractivity contribution is 7.11. The van der Waals surface area contributed by atoms with Gasteiger partial charge in [0.15, 0.2) is 5.96 Å². The molecule has 1 rings (SSSR count). The number of thiazole rings is 1. The monoisotopic (exact) mass is 369 g/mol. The van der Waals surface area contributed by atoms with E-state index in [-0.39, 0.29) is 6.09 Å². The molecule has 0 atom stereocenters. The van der Waals surface area contributed by atoms with Gasteiger partial charge in [-0.15, -0.1) is 11.3 Å². The van der Waals surface area contributed by atoms with Gasteiger partial charge in [-0.3, -0.25) is 4.99 Å². The summed E-state index contributed by atoms with van der Waals surface area (Å²) in [4.78, 5) is 23.6. The number of amides is 1. The number of aliphatic imine (C=N–C) groups is 1. The fourth-order valence-corrected chi connectivity index (χ4v) is 3.01. The molecule has 1 amide bonds. The predicted molar refractivity (Wildman–Crippen MR) is 103 cm³/mol. The zero-order valence-corrected chi connectivity index (χ0v) is 17.2. The lowest BCUT2D eigenvalue weighted by atomic mass is 10.2. The molecule has 0 unspecified atom stereocenters. The second kappa shape index (κ2) is 9.60. The molecule has 0 aromatic carbocycles. The van der Waals surface area contributed by atoms with Gasteiger partial charge in [-0.1, -0.05) is 0 Å². The number of guanidine groups is 1. The van der Waals surface area contributed by atoms with Crippen LogP contribution in [0.1, 0.15) is 43.3 Å². The van der Waals surface area contributed by atoms with E-state index in [0.29, 0.717) is 32.1 Å². The van der Waals surface area contributed by atoms with Crippen molar-refractivity contribution >= 4 is 23.4 Å². The van der Waals surface area contributed by atoms with Crippen molar-refractivity contribution in [2.75, 3.05) is 26.7 Å². The van der Waals surface area contributed by atoms with Crippen LogP contribution >= 0.6 is 11.3 Å². The van der Waals surface area contributed by atoms with Crippen LogP contribution in [0.4, 0.5) is 4.79 Å². The Bertz CT molecular complexity index is 592. The van der Waals surface area contributed by atoms with Crippen molar-refractivity contribution < 1.29 is 9.53 Å². The summed E-state index contributed by atoms with van der Waals surface area (Å²) < 4.78 is 5.40. The maximum atomic E-state index is 12.1. The Morgan fingerprint density at radius 3 is 2.48 bits per heavy atom. The number of rotatable bonds is 6. The summed E-state index contributed by atoms with van der Waals surface area (Å²) in [5.74, 6) is 0.700. The second-order valence-electron chi connectivity index (χ2n) is 6.65. The summed E-state index contributed by atoms with van der Waals surface area (Å²) in [7, 11) is 1.73. The highest BCUT2D eigenvalue weighted by Crippen LogP contribution is 2.16. The van der Waals surface area contributed by atoms with E-state index >= 15 is 0 Å². The summed E-state index contributed by atoms with van der Waals surface area (Å²) >= 11 is 1.68. The van der Waals surface area contributed by atoms with Gasteiger partial charge >= 0.3 is 6.09 Å². The maximum Gasteiger partial charge on any atom is 0.410 e.